The molecule has 0 unspecified atom stereocenters. The number of carbonyl (C=O) groups excluding carboxylic acids is 2. The number of anilines is 2. The topological polar surface area (TPSA) is 120 Å². The number of ether oxygens (including phenoxy) is 1. The van der Waals surface area contributed by atoms with Crippen molar-refractivity contribution in [2.75, 3.05) is 37.4 Å². The molecule has 0 spiro atoms. The largest absolute Gasteiger partial charge is 0.490 e. The van der Waals surface area contributed by atoms with E-state index < -0.39 is 22.8 Å². The lowest BCUT2D eigenvalue weighted by Gasteiger charge is -2.17. The van der Waals surface area contributed by atoms with Gasteiger partial charge in [0, 0.05) is 26.1 Å². The van der Waals surface area contributed by atoms with E-state index >= 15 is 0 Å². The van der Waals surface area contributed by atoms with E-state index in [4.69, 9.17) is 16.3 Å². The van der Waals surface area contributed by atoms with Gasteiger partial charge in [0.2, 0.25) is 11.9 Å². The van der Waals surface area contributed by atoms with E-state index in [0.29, 0.717) is 29.9 Å². The van der Waals surface area contributed by atoms with E-state index in [1.165, 1.54) is 6.92 Å². The second kappa shape index (κ2) is 11.3. The van der Waals surface area contributed by atoms with Crippen molar-refractivity contribution in [3.63, 3.8) is 0 Å². The summed E-state index contributed by atoms with van der Waals surface area (Å²) in [5.41, 5.74) is 1.01. The van der Waals surface area contributed by atoms with Crippen molar-refractivity contribution < 1.29 is 27.5 Å². The minimum Gasteiger partial charge on any atom is -0.490 e. The lowest BCUT2D eigenvalue weighted by Crippen LogP contribution is -2.31. The van der Waals surface area contributed by atoms with E-state index in [-0.39, 0.29) is 30.5 Å². The molecule has 188 valence electrons. The summed E-state index contributed by atoms with van der Waals surface area (Å²) in [6.45, 7) is 2.19. The zero-order valence-electron chi connectivity index (χ0n) is 18.9. The number of hydrogen-bond acceptors (Lipinski definition) is 5. The number of hydrogen-bond donors (Lipinski definition) is 5. The molecule has 5 N–H and O–H groups in total. The predicted molar refractivity (Wildman–Crippen MR) is 127 cm³/mol. The molecule has 0 fully saturated rings. The van der Waals surface area contributed by atoms with Gasteiger partial charge in [0.05, 0.1) is 27.3 Å². The number of aromatic nitrogens is 2. The third kappa shape index (κ3) is 7.23. The average molecular weight is 513 g/mol. The molecule has 0 bridgehead atoms. The van der Waals surface area contributed by atoms with Crippen LogP contribution in [0.1, 0.15) is 18.1 Å². The molecule has 3 amide bonds. The Morgan fingerprint density at radius 3 is 2.60 bits per heavy atom. The first-order chi connectivity index (χ1) is 16.6. The fourth-order valence-corrected chi connectivity index (χ4v) is 3.44. The summed E-state index contributed by atoms with van der Waals surface area (Å²) < 4.78 is 45.3. The third-order valence-electron chi connectivity index (χ3n) is 4.77. The summed E-state index contributed by atoms with van der Waals surface area (Å²) in [7, 11) is 1.70. The molecule has 9 nitrogen and oxygen atoms in total. The van der Waals surface area contributed by atoms with Gasteiger partial charge in [-0.3, -0.25) is 10.1 Å². The predicted octanol–water partition coefficient (Wildman–Crippen LogP) is 4.16. The Kier molecular flexibility index (Phi) is 8.41. The highest BCUT2D eigenvalue weighted by atomic mass is 35.5. The zero-order valence-corrected chi connectivity index (χ0v) is 19.7. The van der Waals surface area contributed by atoms with Crippen LogP contribution < -0.4 is 26.0 Å². The van der Waals surface area contributed by atoms with Crippen molar-refractivity contribution >= 4 is 46.2 Å². The minimum atomic E-state index is -4.70. The molecule has 3 rings (SSSR count). The van der Waals surface area contributed by atoms with Crippen LogP contribution in [0.5, 0.6) is 5.75 Å². The van der Waals surface area contributed by atoms with Crippen molar-refractivity contribution in [2.24, 2.45) is 0 Å². The molecule has 0 saturated heterocycles. The maximum Gasteiger partial charge on any atom is 0.417 e. The zero-order chi connectivity index (χ0) is 25.6. The average Bonchev–Trinajstić information content (AvgIpc) is 3.15. The maximum absolute atomic E-state index is 13.3. The summed E-state index contributed by atoms with van der Waals surface area (Å²) in [5, 5.41) is 9.91. The Bertz CT molecular complexity index is 1220. The number of nitrogens with zero attached hydrogens (tertiary/aromatic N) is 1. The maximum atomic E-state index is 13.3. The molecule has 1 heterocycles. The van der Waals surface area contributed by atoms with Crippen molar-refractivity contribution in [2.45, 2.75) is 19.5 Å². The van der Waals surface area contributed by atoms with Gasteiger partial charge in [-0.25, -0.2) is 9.78 Å². The molecule has 13 heteroatoms. The Morgan fingerprint density at radius 1 is 1.14 bits per heavy atom. The van der Waals surface area contributed by atoms with Crippen LogP contribution in [-0.4, -0.2) is 48.7 Å². The van der Waals surface area contributed by atoms with Gasteiger partial charge in [0.25, 0.3) is 0 Å². The summed E-state index contributed by atoms with van der Waals surface area (Å²) in [6.07, 6.45) is -4.25. The number of halogens is 4. The van der Waals surface area contributed by atoms with E-state index in [9.17, 15) is 22.8 Å². The van der Waals surface area contributed by atoms with Crippen LogP contribution in [0.25, 0.3) is 11.0 Å². The molecule has 0 atom stereocenters. The van der Waals surface area contributed by atoms with Gasteiger partial charge in [0.15, 0.2) is 0 Å². The molecule has 0 saturated carbocycles. The first kappa shape index (κ1) is 26.1. The van der Waals surface area contributed by atoms with E-state index in [0.717, 1.165) is 17.7 Å². The number of nitrogens with one attached hydrogen (secondary N) is 5. The smallest absolute Gasteiger partial charge is 0.417 e. The van der Waals surface area contributed by atoms with Crippen LogP contribution in [0.4, 0.5) is 29.6 Å². The molecule has 0 aliphatic carbocycles. The standard InChI is InChI=1S/C22H24ClF3N6O3/c1-12(33)29-20-30-16-4-3-13(9-17(16)31-20)5-6-28-21(34)32-18-10-14(22(24,25)26)15(23)11-19(18)35-8-7-27-2/h3-4,9-11,27H,5-8H2,1-2H3,(H2,28,32,34)(H2,29,30,31,33). The lowest BCUT2D eigenvalue weighted by atomic mass is 10.1. The number of benzene rings is 2. The summed E-state index contributed by atoms with van der Waals surface area (Å²) in [4.78, 5) is 30.8. The highest BCUT2D eigenvalue weighted by Crippen LogP contribution is 2.40. The number of fused-ring (bicyclic) bond motifs is 1. The quantitative estimate of drug-likeness (QED) is 0.276. The van der Waals surface area contributed by atoms with Crippen molar-refractivity contribution in [1.29, 1.82) is 0 Å². The van der Waals surface area contributed by atoms with Crippen LogP contribution in [0.15, 0.2) is 30.3 Å². The summed E-state index contributed by atoms with van der Waals surface area (Å²) in [6, 6.07) is 6.50. The molecule has 0 aliphatic rings. The van der Waals surface area contributed by atoms with E-state index in [2.05, 4.69) is 31.2 Å². The van der Waals surface area contributed by atoms with Crippen molar-refractivity contribution in [1.82, 2.24) is 20.6 Å². The van der Waals surface area contributed by atoms with Gasteiger partial charge in [0.1, 0.15) is 12.4 Å². The Hall–Kier alpha value is -3.51. The van der Waals surface area contributed by atoms with Crippen molar-refractivity contribution in [3.05, 3.63) is 46.5 Å². The van der Waals surface area contributed by atoms with Gasteiger partial charge in [-0.05, 0) is 37.2 Å². The number of urea groups is 1. The van der Waals surface area contributed by atoms with Gasteiger partial charge in [-0.15, -0.1) is 0 Å². The fraction of sp³-hybridized carbons (Fsp3) is 0.318. The Labute approximate surface area is 203 Å². The number of rotatable bonds is 9. The molecule has 3 aromatic rings. The Balaban J connectivity index is 1.64. The van der Waals surface area contributed by atoms with Crippen LogP contribution in [0.3, 0.4) is 0 Å². The molecular formula is C22H24ClF3N6O3. The first-order valence-electron chi connectivity index (χ1n) is 10.6. The fourth-order valence-electron chi connectivity index (χ4n) is 3.18. The highest BCUT2D eigenvalue weighted by Gasteiger charge is 2.34. The van der Waals surface area contributed by atoms with Gasteiger partial charge in [-0.2, -0.15) is 13.2 Å². The van der Waals surface area contributed by atoms with Gasteiger partial charge < -0.3 is 25.7 Å². The first-order valence-corrected chi connectivity index (χ1v) is 10.9. The van der Waals surface area contributed by atoms with Crippen LogP contribution in [0.2, 0.25) is 5.02 Å². The second-order valence-electron chi connectivity index (χ2n) is 7.53. The third-order valence-corrected chi connectivity index (χ3v) is 5.09. The summed E-state index contributed by atoms with van der Waals surface area (Å²) >= 11 is 5.78. The van der Waals surface area contributed by atoms with Gasteiger partial charge in [-0.1, -0.05) is 17.7 Å². The number of H-pyrrole nitrogens is 1. The normalized spacial score (nSPS) is 11.4. The molecule has 0 radical (unpaired) electrons. The minimum absolute atomic E-state index is 0.0214. The number of likely N-dealkylation sites (N-methyl/N-ethyl adjacent to an activating group) is 1. The number of amides is 3. The molecule has 0 aliphatic heterocycles. The number of aromatic amines is 1. The summed E-state index contributed by atoms with van der Waals surface area (Å²) in [5.74, 6) is 0.0993. The molecule has 35 heavy (non-hydrogen) atoms. The Morgan fingerprint density at radius 2 is 1.91 bits per heavy atom. The van der Waals surface area contributed by atoms with Crippen LogP contribution in [-0.2, 0) is 17.4 Å². The van der Waals surface area contributed by atoms with Crippen molar-refractivity contribution in [3.8, 4) is 5.75 Å². The molecule has 2 aromatic carbocycles. The lowest BCUT2D eigenvalue weighted by molar-refractivity contribution is -0.137. The molecule has 1 aromatic heterocycles. The van der Waals surface area contributed by atoms with E-state index in [1.54, 1.807) is 13.1 Å². The van der Waals surface area contributed by atoms with E-state index in [1.807, 2.05) is 12.1 Å². The number of alkyl halides is 3. The van der Waals surface area contributed by atoms with Gasteiger partial charge >= 0.3 is 12.2 Å². The second-order valence-corrected chi connectivity index (χ2v) is 7.93. The monoisotopic (exact) mass is 512 g/mol. The number of imidazole rings is 1. The SMILES string of the molecule is CNCCOc1cc(Cl)c(C(F)(F)F)cc1NC(=O)NCCc1ccc2nc(NC(C)=O)[nH]c2c1. The molecular weight excluding hydrogens is 489 g/mol. The van der Waals surface area contributed by atoms with Crippen LogP contribution in [0, 0.1) is 0 Å². The van der Waals surface area contributed by atoms with Crippen LogP contribution >= 0.6 is 11.6 Å². The highest BCUT2D eigenvalue weighted by molar-refractivity contribution is 6.31. The number of carbonyl (C=O) groups is 2.